The molecule has 0 aliphatic rings. The third kappa shape index (κ3) is 5.93. The number of amides is 1. The second-order valence-corrected chi connectivity index (χ2v) is 6.68. The summed E-state index contributed by atoms with van der Waals surface area (Å²) in [6.07, 6.45) is 6.64. The quantitative estimate of drug-likeness (QED) is 0.370. The summed E-state index contributed by atoms with van der Waals surface area (Å²) in [4.78, 5) is 12.5. The maximum Gasteiger partial charge on any atom is 0.266 e. The molecule has 0 aromatic heterocycles. The number of aryl methyl sites for hydroxylation is 1. The topological polar surface area (TPSA) is 71.3 Å². The normalized spacial score (nSPS) is 10.6. The summed E-state index contributed by atoms with van der Waals surface area (Å²) in [6, 6.07) is 10.1. The largest absolute Gasteiger partial charge is 0.490 e. The molecule has 0 atom stereocenters. The maximum atomic E-state index is 12.5. The average Bonchev–Trinajstić information content (AvgIpc) is 2.67. The van der Waals surface area contributed by atoms with Crippen molar-refractivity contribution in [3.8, 4) is 29.9 Å². The number of nitriles is 1. The number of terminal acetylenes is 1. The van der Waals surface area contributed by atoms with Crippen molar-refractivity contribution in [2.45, 2.75) is 13.8 Å². The molecule has 1 amide bonds. The van der Waals surface area contributed by atoms with E-state index in [0.29, 0.717) is 34.4 Å². The lowest BCUT2D eigenvalue weighted by molar-refractivity contribution is -0.112. The number of hydrogen-bond donors (Lipinski definition) is 1. The van der Waals surface area contributed by atoms with E-state index >= 15 is 0 Å². The lowest BCUT2D eigenvalue weighted by Gasteiger charge is -2.13. The molecule has 0 spiro atoms. The van der Waals surface area contributed by atoms with Crippen molar-refractivity contribution in [1.29, 1.82) is 5.26 Å². The molecule has 0 heterocycles. The molecule has 0 saturated heterocycles. The number of benzene rings is 2. The number of carbonyl (C=O) groups is 1. The minimum atomic E-state index is -0.556. The molecule has 1 N–H and O–H groups in total. The van der Waals surface area contributed by atoms with Crippen molar-refractivity contribution >= 4 is 40.9 Å². The number of halogens is 2. The Labute approximate surface area is 179 Å². The molecule has 0 radical (unpaired) electrons. The Morgan fingerprint density at radius 1 is 1.28 bits per heavy atom. The van der Waals surface area contributed by atoms with Crippen LogP contribution in [0.25, 0.3) is 6.08 Å². The van der Waals surface area contributed by atoms with Gasteiger partial charge in [0.2, 0.25) is 0 Å². The molecule has 0 fully saturated rings. The molecule has 0 aliphatic carbocycles. The van der Waals surface area contributed by atoms with Gasteiger partial charge in [-0.3, -0.25) is 4.79 Å². The predicted molar refractivity (Wildman–Crippen MR) is 115 cm³/mol. The maximum absolute atomic E-state index is 12.5. The summed E-state index contributed by atoms with van der Waals surface area (Å²) >= 11 is 12.2. The van der Waals surface area contributed by atoms with Gasteiger partial charge in [0.15, 0.2) is 11.5 Å². The summed E-state index contributed by atoms with van der Waals surface area (Å²) in [5.41, 5.74) is 1.74. The second kappa shape index (κ2) is 10.4. The molecular formula is C22H18Cl2N2O3. The molecule has 0 unspecified atom stereocenters. The molecule has 2 aromatic carbocycles. The first-order chi connectivity index (χ1) is 13.9. The lowest BCUT2D eigenvalue weighted by Crippen LogP contribution is -2.14. The van der Waals surface area contributed by atoms with E-state index in [0.717, 1.165) is 5.56 Å². The monoisotopic (exact) mass is 428 g/mol. The van der Waals surface area contributed by atoms with E-state index in [4.69, 9.17) is 39.1 Å². The molecule has 2 rings (SSSR count). The molecule has 29 heavy (non-hydrogen) atoms. The zero-order valence-electron chi connectivity index (χ0n) is 15.9. The Bertz CT molecular complexity index is 1030. The first-order valence-corrected chi connectivity index (χ1v) is 9.37. The zero-order valence-corrected chi connectivity index (χ0v) is 17.4. The van der Waals surface area contributed by atoms with Crippen LogP contribution in [0.3, 0.4) is 0 Å². The molecule has 0 saturated carbocycles. The van der Waals surface area contributed by atoms with E-state index in [-0.39, 0.29) is 17.2 Å². The highest BCUT2D eigenvalue weighted by Crippen LogP contribution is 2.37. The Kier molecular flexibility index (Phi) is 7.98. The average molecular weight is 429 g/mol. The van der Waals surface area contributed by atoms with Crippen molar-refractivity contribution in [3.63, 3.8) is 0 Å². The Morgan fingerprint density at radius 2 is 2.03 bits per heavy atom. The first-order valence-electron chi connectivity index (χ1n) is 8.61. The highest BCUT2D eigenvalue weighted by Gasteiger charge is 2.15. The minimum absolute atomic E-state index is 0.0290. The van der Waals surface area contributed by atoms with Gasteiger partial charge in [0.1, 0.15) is 18.2 Å². The van der Waals surface area contributed by atoms with Crippen LogP contribution in [0.5, 0.6) is 11.5 Å². The highest BCUT2D eigenvalue weighted by molar-refractivity contribution is 6.32. The fraction of sp³-hybridized carbons (Fsp3) is 0.182. The van der Waals surface area contributed by atoms with Crippen LogP contribution >= 0.6 is 23.2 Å². The van der Waals surface area contributed by atoms with Crippen LogP contribution in [0, 0.1) is 30.6 Å². The second-order valence-electron chi connectivity index (χ2n) is 5.84. The highest BCUT2D eigenvalue weighted by atomic mass is 35.5. The van der Waals surface area contributed by atoms with E-state index in [1.165, 1.54) is 6.08 Å². The fourth-order valence-electron chi connectivity index (χ4n) is 2.46. The molecule has 0 aliphatic heterocycles. The molecular weight excluding hydrogens is 411 g/mol. The minimum Gasteiger partial charge on any atom is -0.490 e. The van der Waals surface area contributed by atoms with E-state index in [1.807, 2.05) is 13.0 Å². The number of ether oxygens (including phenoxy) is 2. The summed E-state index contributed by atoms with van der Waals surface area (Å²) in [6.45, 7) is 4.02. The van der Waals surface area contributed by atoms with Gasteiger partial charge in [-0.25, -0.2) is 0 Å². The lowest BCUT2D eigenvalue weighted by atomic mass is 10.1. The summed E-state index contributed by atoms with van der Waals surface area (Å²) in [7, 11) is 0. The van der Waals surface area contributed by atoms with Crippen molar-refractivity contribution in [2.75, 3.05) is 18.5 Å². The molecule has 5 nitrogen and oxygen atoms in total. The Balaban J connectivity index is 2.35. The van der Waals surface area contributed by atoms with Crippen LogP contribution in [0.2, 0.25) is 10.0 Å². The number of rotatable bonds is 7. The van der Waals surface area contributed by atoms with Crippen LogP contribution < -0.4 is 14.8 Å². The van der Waals surface area contributed by atoms with E-state index in [2.05, 4.69) is 11.2 Å². The van der Waals surface area contributed by atoms with Crippen molar-refractivity contribution < 1.29 is 14.3 Å². The summed E-state index contributed by atoms with van der Waals surface area (Å²) in [5, 5.41) is 13.0. The van der Waals surface area contributed by atoms with Crippen LogP contribution in [-0.4, -0.2) is 19.1 Å². The number of carbonyl (C=O) groups excluding carboxylic acids is 1. The zero-order chi connectivity index (χ0) is 21.4. The number of nitrogens with one attached hydrogen (secondary N) is 1. The summed E-state index contributed by atoms with van der Waals surface area (Å²) < 4.78 is 11.0. The molecule has 0 bridgehead atoms. The van der Waals surface area contributed by atoms with Gasteiger partial charge in [0.05, 0.1) is 11.6 Å². The van der Waals surface area contributed by atoms with Crippen LogP contribution in [0.15, 0.2) is 35.9 Å². The molecule has 2 aromatic rings. The van der Waals surface area contributed by atoms with Gasteiger partial charge in [0.25, 0.3) is 5.91 Å². The first kappa shape index (κ1) is 22.2. The smallest absolute Gasteiger partial charge is 0.266 e. The Hall–Kier alpha value is -3.12. The number of nitrogens with zero attached hydrogens (tertiary/aromatic N) is 1. The van der Waals surface area contributed by atoms with E-state index in [9.17, 15) is 10.1 Å². The van der Waals surface area contributed by atoms with Crippen molar-refractivity contribution in [2.24, 2.45) is 0 Å². The van der Waals surface area contributed by atoms with Crippen LogP contribution in [-0.2, 0) is 4.79 Å². The van der Waals surface area contributed by atoms with Gasteiger partial charge in [-0.05, 0) is 61.4 Å². The van der Waals surface area contributed by atoms with E-state index < -0.39 is 5.91 Å². The van der Waals surface area contributed by atoms with Gasteiger partial charge in [-0.15, -0.1) is 6.42 Å². The standard InChI is InChI=1S/C22H18Cl2N2O3/c1-4-8-29-21-18(24)11-15(12-20(21)28-5-2)10-16(13-25)22(27)26-19-7-6-17(23)9-14(19)3/h1,6-7,9-12H,5,8H2,2-3H3,(H,26,27)/b16-10+. The molecule has 7 heteroatoms. The third-order valence-electron chi connectivity index (χ3n) is 3.74. The van der Waals surface area contributed by atoms with Crippen molar-refractivity contribution in [3.05, 3.63) is 57.1 Å². The molecule has 148 valence electrons. The predicted octanol–water partition coefficient (Wildman–Crippen LogP) is 5.26. The van der Waals surface area contributed by atoms with Gasteiger partial charge < -0.3 is 14.8 Å². The third-order valence-corrected chi connectivity index (χ3v) is 4.26. The van der Waals surface area contributed by atoms with Gasteiger partial charge >= 0.3 is 0 Å². The number of hydrogen-bond acceptors (Lipinski definition) is 4. The SMILES string of the molecule is C#CCOc1c(Cl)cc(/C=C(\C#N)C(=O)Nc2ccc(Cl)cc2C)cc1OCC. The fourth-order valence-corrected chi connectivity index (χ4v) is 2.96. The van der Waals surface area contributed by atoms with Gasteiger partial charge in [-0.2, -0.15) is 5.26 Å². The Morgan fingerprint density at radius 3 is 2.66 bits per heavy atom. The summed E-state index contributed by atoms with van der Waals surface area (Å²) in [5.74, 6) is 2.48. The van der Waals surface area contributed by atoms with Crippen molar-refractivity contribution in [1.82, 2.24) is 0 Å². The van der Waals surface area contributed by atoms with Crippen LogP contribution in [0.1, 0.15) is 18.1 Å². The van der Waals surface area contributed by atoms with Gasteiger partial charge in [0, 0.05) is 10.7 Å². The van der Waals surface area contributed by atoms with Crippen LogP contribution in [0.4, 0.5) is 5.69 Å². The van der Waals surface area contributed by atoms with E-state index in [1.54, 1.807) is 37.3 Å². The number of anilines is 1. The van der Waals surface area contributed by atoms with Gasteiger partial charge in [-0.1, -0.05) is 29.1 Å².